The van der Waals surface area contributed by atoms with E-state index in [-0.39, 0.29) is 5.92 Å². The van der Waals surface area contributed by atoms with Gasteiger partial charge in [-0.25, -0.2) is 0 Å². The second kappa shape index (κ2) is 4.97. The molecule has 4 rings (SSSR count). The Bertz CT molecular complexity index is 580. The first-order valence-corrected chi connectivity index (χ1v) is 7.93. The maximum absolute atomic E-state index is 11.4. The lowest BCUT2D eigenvalue weighted by atomic mass is 9.83. The van der Waals surface area contributed by atoms with Gasteiger partial charge in [0.25, 0.3) is 0 Å². The molecule has 3 aliphatic carbocycles. The van der Waals surface area contributed by atoms with E-state index in [1.807, 2.05) is 12.2 Å². The van der Waals surface area contributed by atoms with Crippen LogP contribution in [0.1, 0.15) is 62.1 Å². The van der Waals surface area contributed by atoms with Crippen LogP contribution in [0.15, 0.2) is 16.7 Å². The highest BCUT2D eigenvalue weighted by Gasteiger charge is 2.43. The molecule has 5 atom stereocenters. The molecule has 5 nitrogen and oxygen atoms in total. The zero-order valence-electron chi connectivity index (χ0n) is 11.9. The molecule has 2 saturated carbocycles. The highest BCUT2D eigenvalue weighted by molar-refractivity contribution is 5.71. The number of hydrogen-bond donors (Lipinski definition) is 1. The Morgan fingerprint density at radius 2 is 2.05 bits per heavy atom. The van der Waals surface area contributed by atoms with E-state index in [1.165, 1.54) is 25.7 Å². The summed E-state index contributed by atoms with van der Waals surface area (Å²) >= 11 is 0. The van der Waals surface area contributed by atoms with Gasteiger partial charge in [0.15, 0.2) is 5.82 Å². The van der Waals surface area contributed by atoms with Crippen molar-refractivity contribution in [2.75, 3.05) is 0 Å². The Morgan fingerprint density at radius 3 is 2.76 bits per heavy atom. The van der Waals surface area contributed by atoms with Crippen molar-refractivity contribution >= 4 is 5.97 Å². The fourth-order valence-electron chi connectivity index (χ4n) is 4.47. The summed E-state index contributed by atoms with van der Waals surface area (Å²) in [5.41, 5.74) is 0. The zero-order chi connectivity index (χ0) is 14.4. The molecular formula is C16H20N2O3. The van der Waals surface area contributed by atoms with Crippen LogP contribution in [0.2, 0.25) is 0 Å². The molecular weight excluding hydrogens is 268 g/mol. The normalized spacial score (nSPS) is 38.0. The smallest absolute Gasteiger partial charge is 0.307 e. The predicted molar refractivity (Wildman–Crippen MR) is 74.7 cm³/mol. The minimum absolute atomic E-state index is 0.174. The maximum atomic E-state index is 11.4. The highest BCUT2D eigenvalue weighted by Crippen LogP contribution is 2.52. The molecule has 0 aromatic carbocycles. The topological polar surface area (TPSA) is 76.2 Å². The molecule has 2 fully saturated rings. The number of nitrogens with zero attached hydrogens (tertiary/aromatic N) is 2. The summed E-state index contributed by atoms with van der Waals surface area (Å²) in [6.45, 7) is 0. The monoisotopic (exact) mass is 288 g/mol. The number of carboxylic acid groups (broad SMARTS) is 1. The van der Waals surface area contributed by atoms with Crippen LogP contribution in [0.25, 0.3) is 0 Å². The molecule has 3 aliphatic rings. The third-order valence-corrected chi connectivity index (χ3v) is 5.59. The van der Waals surface area contributed by atoms with Gasteiger partial charge in [-0.2, -0.15) is 4.98 Å². The average Bonchev–Trinajstić information content (AvgIpc) is 3.23. The van der Waals surface area contributed by atoms with Gasteiger partial charge in [-0.1, -0.05) is 23.7 Å². The van der Waals surface area contributed by atoms with E-state index in [0.29, 0.717) is 30.6 Å². The molecule has 0 radical (unpaired) electrons. The predicted octanol–water partition coefficient (Wildman–Crippen LogP) is 3.11. The molecule has 2 bridgehead atoms. The number of hydrogen-bond acceptors (Lipinski definition) is 4. The van der Waals surface area contributed by atoms with Gasteiger partial charge in [0.2, 0.25) is 5.89 Å². The summed E-state index contributed by atoms with van der Waals surface area (Å²) in [5, 5.41) is 13.5. The maximum Gasteiger partial charge on any atom is 0.307 e. The Labute approximate surface area is 123 Å². The van der Waals surface area contributed by atoms with Crippen LogP contribution in [0, 0.1) is 17.8 Å². The van der Waals surface area contributed by atoms with Crippen molar-refractivity contribution in [2.45, 2.75) is 50.4 Å². The molecule has 1 aromatic heterocycles. The SMILES string of the molecule is O=C(O)C1CC=CCC1c1nc(C2CC3CCC2C3)no1. The van der Waals surface area contributed by atoms with E-state index in [0.717, 1.165) is 11.7 Å². The van der Waals surface area contributed by atoms with Gasteiger partial charge in [0.05, 0.1) is 11.8 Å². The van der Waals surface area contributed by atoms with Gasteiger partial charge in [-0.15, -0.1) is 0 Å². The second-order valence-electron chi connectivity index (χ2n) is 6.77. The first-order chi connectivity index (χ1) is 10.2. The van der Waals surface area contributed by atoms with Crippen molar-refractivity contribution < 1.29 is 14.4 Å². The van der Waals surface area contributed by atoms with Crippen LogP contribution in [-0.2, 0) is 4.79 Å². The molecule has 1 aromatic rings. The van der Waals surface area contributed by atoms with Gasteiger partial charge in [0, 0.05) is 5.92 Å². The van der Waals surface area contributed by atoms with E-state index in [4.69, 9.17) is 4.52 Å². The van der Waals surface area contributed by atoms with Crippen molar-refractivity contribution in [1.82, 2.24) is 10.1 Å². The Hall–Kier alpha value is -1.65. The molecule has 1 N–H and O–H groups in total. The Kier molecular flexibility index (Phi) is 3.08. The van der Waals surface area contributed by atoms with Crippen LogP contribution < -0.4 is 0 Å². The molecule has 5 unspecified atom stereocenters. The zero-order valence-corrected chi connectivity index (χ0v) is 11.9. The van der Waals surface area contributed by atoms with E-state index in [1.54, 1.807) is 0 Å². The number of fused-ring (bicyclic) bond motifs is 2. The quantitative estimate of drug-likeness (QED) is 0.865. The summed E-state index contributed by atoms with van der Waals surface area (Å²) in [6.07, 6.45) is 10.3. The van der Waals surface area contributed by atoms with Crippen LogP contribution in [0.4, 0.5) is 0 Å². The van der Waals surface area contributed by atoms with Gasteiger partial charge in [0.1, 0.15) is 0 Å². The van der Waals surface area contributed by atoms with Crippen LogP contribution in [0.3, 0.4) is 0 Å². The number of carboxylic acids is 1. The first kappa shape index (κ1) is 13.0. The summed E-state index contributed by atoms with van der Waals surface area (Å²) < 4.78 is 5.45. The molecule has 0 spiro atoms. The lowest BCUT2D eigenvalue weighted by Gasteiger charge is -2.21. The van der Waals surface area contributed by atoms with Crippen molar-refractivity contribution in [3.8, 4) is 0 Å². The van der Waals surface area contributed by atoms with Gasteiger partial charge >= 0.3 is 5.97 Å². The lowest BCUT2D eigenvalue weighted by Crippen LogP contribution is -2.23. The van der Waals surface area contributed by atoms with Crippen LogP contribution >= 0.6 is 0 Å². The molecule has 1 heterocycles. The van der Waals surface area contributed by atoms with Crippen LogP contribution in [-0.4, -0.2) is 21.2 Å². The summed E-state index contributed by atoms with van der Waals surface area (Å²) in [7, 11) is 0. The molecule has 0 aliphatic heterocycles. The molecule has 0 saturated heterocycles. The minimum atomic E-state index is -0.774. The summed E-state index contributed by atoms with van der Waals surface area (Å²) in [5.74, 6) is 1.93. The highest BCUT2D eigenvalue weighted by atomic mass is 16.5. The van der Waals surface area contributed by atoms with E-state index in [9.17, 15) is 9.90 Å². The number of rotatable bonds is 3. The minimum Gasteiger partial charge on any atom is -0.481 e. The van der Waals surface area contributed by atoms with Gasteiger partial charge < -0.3 is 9.63 Å². The average molecular weight is 288 g/mol. The summed E-state index contributed by atoms with van der Waals surface area (Å²) in [4.78, 5) is 16.0. The lowest BCUT2D eigenvalue weighted by molar-refractivity contribution is -0.142. The largest absolute Gasteiger partial charge is 0.481 e. The standard InChI is InChI=1S/C16H20N2O3/c19-16(20)12-4-2-1-3-11(12)15-17-14(18-21-15)13-8-9-5-6-10(13)7-9/h1-2,9-13H,3-8H2,(H,19,20). The van der Waals surface area contributed by atoms with Crippen molar-refractivity contribution in [1.29, 1.82) is 0 Å². The second-order valence-corrected chi connectivity index (χ2v) is 6.77. The fraction of sp³-hybridized carbons (Fsp3) is 0.688. The first-order valence-electron chi connectivity index (χ1n) is 7.93. The van der Waals surface area contributed by atoms with Gasteiger partial charge in [-0.3, -0.25) is 4.79 Å². The Balaban J connectivity index is 1.56. The van der Waals surface area contributed by atoms with E-state index < -0.39 is 11.9 Å². The van der Waals surface area contributed by atoms with E-state index >= 15 is 0 Å². The third kappa shape index (κ3) is 2.19. The van der Waals surface area contributed by atoms with Crippen LogP contribution in [0.5, 0.6) is 0 Å². The summed E-state index contributed by atoms with van der Waals surface area (Å²) in [6, 6.07) is 0. The number of aromatic nitrogens is 2. The molecule has 5 heteroatoms. The van der Waals surface area contributed by atoms with Gasteiger partial charge in [-0.05, 0) is 43.9 Å². The third-order valence-electron chi connectivity index (χ3n) is 5.59. The Morgan fingerprint density at radius 1 is 1.19 bits per heavy atom. The molecule has 21 heavy (non-hydrogen) atoms. The number of aliphatic carboxylic acids is 1. The number of carbonyl (C=O) groups is 1. The van der Waals surface area contributed by atoms with E-state index in [2.05, 4.69) is 10.1 Å². The molecule has 112 valence electrons. The van der Waals surface area contributed by atoms with Crippen molar-refractivity contribution in [3.05, 3.63) is 23.9 Å². The van der Waals surface area contributed by atoms with Crippen molar-refractivity contribution in [3.63, 3.8) is 0 Å². The fourth-order valence-corrected chi connectivity index (χ4v) is 4.47. The van der Waals surface area contributed by atoms with Crippen molar-refractivity contribution in [2.24, 2.45) is 17.8 Å². The molecule has 0 amide bonds. The number of allylic oxidation sites excluding steroid dienone is 2.